The summed E-state index contributed by atoms with van der Waals surface area (Å²) in [5.41, 5.74) is 4.12. The van der Waals surface area contributed by atoms with Crippen molar-refractivity contribution in [1.29, 1.82) is 0 Å². The van der Waals surface area contributed by atoms with Crippen molar-refractivity contribution in [2.75, 3.05) is 14.1 Å². The number of rotatable bonds is 1. The smallest absolute Gasteiger partial charge is 0.0361 e. The van der Waals surface area contributed by atoms with Gasteiger partial charge in [0.05, 0.1) is 0 Å². The molecule has 0 aromatic carbocycles. The van der Waals surface area contributed by atoms with Crippen molar-refractivity contribution in [2.45, 2.75) is 0 Å². The van der Waals surface area contributed by atoms with Gasteiger partial charge < -0.3 is 4.90 Å². The van der Waals surface area contributed by atoms with Gasteiger partial charge in [0.2, 0.25) is 0 Å². The quantitative estimate of drug-likeness (QED) is 0.659. The van der Waals surface area contributed by atoms with Crippen LogP contribution in [0.25, 0.3) is 0 Å². The number of likely N-dealkylation sites (N-methyl/N-ethyl adjacent to an activating group) is 1. The fourth-order valence-corrected chi connectivity index (χ4v) is 2.65. The molecule has 3 rings (SSSR count). The van der Waals surface area contributed by atoms with Crippen LogP contribution in [0.15, 0.2) is 71.5 Å². The van der Waals surface area contributed by atoms with Crippen LogP contribution in [-0.4, -0.2) is 19.0 Å². The summed E-state index contributed by atoms with van der Waals surface area (Å²) in [7, 11) is 4.18. The number of nitrogens with zero attached hydrogens (tertiary/aromatic N) is 1. The first-order valence-electron chi connectivity index (χ1n) is 6.09. The molecule has 0 spiro atoms. The van der Waals surface area contributed by atoms with Crippen molar-refractivity contribution in [3.8, 4) is 0 Å². The molecule has 0 saturated heterocycles. The molecule has 17 heavy (non-hydrogen) atoms. The first kappa shape index (κ1) is 10.4. The van der Waals surface area contributed by atoms with E-state index in [1.54, 1.807) is 0 Å². The minimum atomic E-state index is 0.514. The summed E-state index contributed by atoms with van der Waals surface area (Å²) in [5, 5.41) is 0. The van der Waals surface area contributed by atoms with Gasteiger partial charge in [-0.25, -0.2) is 0 Å². The molecule has 1 heteroatoms. The molecule has 0 unspecified atom stereocenters. The van der Waals surface area contributed by atoms with E-state index >= 15 is 0 Å². The maximum absolute atomic E-state index is 2.34. The fourth-order valence-electron chi connectivity index (χ4n) is 2.65. The third-order valence-electron chi connectivity index (χ3n) is 3.65. The highest BCUT2D eigenvalue weighted by atomic mass is 15.1. The van der Waals surface area contributed by atoms with Crippen LogP contribution < -0.4 is 0 Å². The summed E-state index contributed by atoms with van der Waals surface area (Å²) in [6.07, 6.45) is 20.2. The van der Waals surface area contributed by atoms with E-state index in [4.69, 9.17) is 0 Å². The van der Waals surface area contributed by atoms with E-state index in [1.165, 1.54) is 16.8 Å². The van der Waals surface area contributed by atoms with Gasteiger partial charge in [-0.2, -0.15) is 0 Å². The van der Waals surface area contributed by atoms with Crippen LogP contribution in [0.4, 0.5) is 0 Å². The van der Waals surface area contributed by atoms with Crippen LogP contribution in [0.1, 0.15) is 0 Å². The molecule has 0 saturated carbocycles. The first-order chi connectivity index (χ1) is 8.25. The van der Waals surface area contributed by atoms with Crippen LogP contribution in [0.3, 0.4) is 0 Å². The fraction of sp³-hybridized carbons (Fsp3) is 0.250. The maximum atomic E-state index is 2.34. The van der Waals surface area contributed by atoms with Crippen LogP contribution in [0, 0.1) is 11.8 Å². The summed E-state index contributed by atoms with van der Waals surface area (Å²) >= 11 is 0. The molecule has 2 atom stereocenters. The summed E-state index contributed by atoms with van der Waals surface area (Å²) < 4.78 is 0. The van der Waals surface area contributed by atoms with Gasteiger partial charge in [-0.3, -0.25) is 0 Å². The third kappa shape index (κ3) is 1.72. The molecule has 0 radical (unpaired) electrons. The van der Waals surface area contributed by atoms with Crippen molar-refractivity contribution in [2.24, 2.45) is 11.8 Å². The van der Waals surface area contributed by atoms with Crippen LogP contribution >= 0.6 is 0 Å². The number of allylic oxidation sites excluding steroid dienone is 11. The Labute approximate surface area is 103 Å². The SMILES string of the molecule is CN(C)C1=CC2=CC=C3C=CC=C[C@H]3[C@@H]2C=C1. The first-order valence-corrected chi connectivity index (χ1v) is 6.09. The zero-order chi connectivity index (χ0) is 11.8. The average molecular weight is 223 g/mol. The standard InChI is InChI=1S/C16H17N/c1-17(2)14-9-10-16-13(11-14)8-7-12-5-3-4-6-15(12)16/h3-11,15-16H,1-2H3/t15-,16-/m1/s1. The van der Waals surface area contributed by atoms with Crippen molar-refractivity contribution in [3.63, 3.8) is 0 Å². The van der Waals surface area contributed by atoms with Crippen LogP contribution in [-0.2, 0) is 0 Å². The Kier molecular flexibility index (Phi) is 2.40. The summed E-state index contributed by atoms with van der Waals surface area (Å²) in [6.45, 7) is 0. The Balaban J connectivity index is 1.99. The van der Waals surface area contributed by atoms with Gasteiger partial charge in [0, 0.05) is 31.6 Å². The van der Waals surface area contributed by atoms with Gasteiger partial charge in [0.25, 0.3) is 0 Å². The highest BCUT2D eigenvalue weighted by Crippen LogP contribution is 2.39. The van der Waals surface area contributed by atoms with Gasteiger partial charge in [-0.05, 0) is 23.3 Å². The maximum Gasteiger partial charge on any atom is 0.0361 e. The molecular formula is C16H17N. The number of hydrogen-bond acceptors (Lipinski definition) is 1. The third-order valence-corrected chi connectivity index (χ3v) is 3.65. The number of fused-ring (bicyclic) bond motifs is 3. The van der Waals surface area contributed by atoms with E-state index in [0.29, 0.717) is 11.8 Å². The van der Waals surface area contributed by atoms with E-state index < -0.39 is 0 Å². The van der Waals surface area contributed by atoms with Crippen molar-refractivity contribution >= 4 is 0 Å². The number of hydrogen-bond donors (Lipinski definition) is 0. The van der Waals surface area contributed by atoms with Crippen molar-refractivity contribution in [3.05, 3.63) is 71.5 Å². The van der Waals surface area contributed by atoms with Gasteiger partial charge in [-0.15, -0.1) is 0 Å². The molecule has 1 nitrogen and oxygen atoms in total. The Morgan fingerprint density at radius 1 is 0.882 bits per heavy atom. The molecule has 0 heterocycles. The molecule has 0 bridgehead atoms. The summed E-state index contributed by atoms with van der Waals surface area (Å²) in [5.74, 6) is 1.04. The second-order valence-corrected chi connectivity index (χ2v) is 4.95. The molecule has 86 valence electrons. The highest BCUT2D eigenvalue weighted by Gasteiger charge is 2.27. The Morgan fingerprint density at radius 2 is 1.65 bits per heavy atom. The van der Waals surface area contributed by atoms with Gasteiger partial charge in [0.15, 0.2) is 0 Å². The molecule has 0 N–H and O–H groups in total. The normalized spacial score (nSPS) is 28.9. The largest absolute Gasteiger partial charge is 0.378 e. The molecule has 0 aromatic heterocycles. The second-order valence-electron chi connectivity index (χ2n) is 4.95. The summed E-state index contributed by atoms with van der Waals surface area (Å²) in [6, 6.07) is 0. The van der Waals surface area contributed by atoms with Gasteiger partial charge in [0.1, 0.15) is 0 Å². The zero-order valence-corrected chi connectivity index (χ0v) is 10.3. The molecule has 0 amide bonds. The minimum absolute atomic E-state index is 0.514. The van der Waals surface area contributed by atoms with E-state index in [-0.39, 0.29) is 0 Å². The van der Waals surface area contributed by atoms with E-state index in [0.717, 1.165) is 0 Å². The van der Waals surface area contributed by atoms with Crippen molar-refractivity contribution < 1.29 is 0 Å². The zero-order valence-electron chi connectivity index (χ0n) is 10.3. The molecule has 3 aliphatic rings. The molecular weight excluding hydrogens is 206 g/mol. The average Bonchev–Trinajstić information content (AvgIpc) is 2.38. The highest BCUT2D eigenvalue weighted by molar-refractivity contribution is 5.50. The lowest BCUT2D eigenvalue weighted by Gasteiger charge is -2.32. The Morgan fingerprint density at radius 3 is 2.47 bits per heavy atom. The van der Waals surface area contributed by atoms with Crippen LogP contribution in [0.5, 0.6) is 0 Å². The minimum Gasteiger partial charge on any atom is -0.378 e. The molecule has 3 aliphatic carbocycles. The lowest BCUT2D eigenvalue weighted by Crippen LogP contribution is -2.22. The van der Waals surface area contributed by atoms with E-state index in [1.807, 2.05) is 0 Å². The molecule has 0 aromatic rings. The van der Waals surface area contributed by atoms with E-state index in [2.05, 4.69) is 73.7 Å². The summed E-state index contributed by atoms with van der Waals surface area (Å²) in [4.78, 5) is 2.16. The van der Waals surface area contributed by atoms with Crippen LogP contribution in [0.2, 0.25) is 0 Å². The second kappa shape index (κ2) is 3.92. The lowest BCUT2D eigenvalue weighted by atomic mass is 9.74. The van der Waals surface area contributed by atoms with Crippen molar-refractivity contribution in [1.82, 2.24) is 4.90 Å². The van der Waals surface area contributed by atoms with Gasteiger partial charge in [-0.1, -0.05) is 42.5 Å². The Bertz CT molecular complexity index is 510. The predicted octanol–water partition coefficient (Wildman–Crippen LogP) is 3.23. The molecule has 0 aliphatic heterocycles. The topological polar surface area (TPSA) is 3.24 Å². The lowest BCUT2D eigenvalue weighted by molar-refractivity contribution is 0.517. The monoisotopic (exact) mass is 223 g/mol. The Hall–Kier alpha value is -1.76. The molecule has 0 fully saturated rings. The van der Waals surface area contributed by atoms with E-state index in [9.17, 15) is 0 Å². The van der Waals surface area contributed by atoms with Gasteiger partial charge >= 0.3 is 0 Å². The predicted molar refractivity (Wildman–Crippen MR) is 72.3 cm³/mol.